The van der Waals surface area contributed by atoms with E-state index in [0.29, 0.717) is 12.8 Å². The zero-order valence-electron chi connectivity index (χ0n) is 11.8. The lowest BCUT2D eigenvalue weighted by molar-refractivity contribution is -0.140. The van der Waals surface area contributed by atoms with Gasteiger partial charge in [0.2, 0.25) is 5.91 Å². The van der Waals surface area contributed by atoms with Gasteiger partial charge in [-0.15, -0.1) is 24.2 Å². The Hall–Kier alpha value is -1.24. The van der Waals surface area contributed by atoms with Crippen LogP contribution in [0.15, 0.2) is 24.3 Å². The molecule has 0 spiro atoms. The van der Waals surface area contributed by atoms with E-state index < -0.39 is 0 Å². The molecule has 1 fully saturated rings. The topological polar surface area (TPSA) is 67.4 Å². The van der Waals surface area contributed by atoms with Crippen LogP contribution in [0.4, 0.5) is 5.69 Å². The molecule has 1 aromatic carbocycles. The second kappa shape index (κ2) is 8.92. The maximum Gasteiger partial charge on any atom is 0.305 e. The first kappa shape index (κ1) is 17.8. The second-order valence-corrected chi connectivity index (χ2v) is 5.56. The first-order chi connectivity index (χ1) is 9.69. The van der Waals surface area contributed by atoms with Crippen molar-refractivity contribution >= 4 is 41.7 Å². The molecule has 116 valence electrons. The average Bonchev–Trinajstić information content (AvgIpc) is 3.00. The minimum absolute atomic E-state index is 0. The highest BCUT2D eigenvalue weighted by Gasteiger charge is 2.22. The number of hydrogen-bond acceptors (Lipinski definition) is 5. The molecule has 2 rings (SSSR count). The smallest absolute Gasteiger partial charge is 0.305 e. The molecule has 7 heteroatoms. The standard InChI is InChI=1S/C14H18N2O3S.ClH/c1-19-13(17)7-4-10-2-5-11(6-3-10)16-14(18)12-8-20-9-15-12;/h2-3,5-6,12,15H,4,7-9H2,1H3,(H,16,18);1H. The molecule has 1 heterocycles. The molecule has 1 unspecified atom stereocenters. The number of esters is 1. The molecule has 0 aromatic heterocycles. The molecule has 2 N–H and O–H groups in total. The first-order valence-electron chi connectivity index (χ1n) is 6.47. The molecule has 1 aliphatic heterocycles. The fraction of sp³-hybridized carbons (Fsp3) is 0.429. The van der Waals surface area contributed by atoms with Crippen molar-refractivity contribution in [3.63, 3.8) is 0 Å². The number of amides is 1. The van der Waals surface area contributed by atoms with E-state index in [2.05, 4.69) is 15.4 Å². The molecule has 1 atom stereocenters. The first-order valence-corrected chi connectivity index (χ1v) is 7.62. The Morgan fingerprint density at radius 1 is 1.38 bits per heavy atom. The lowest BCUT2D eigenvalue weighted by atomic mass is 10.1. The number of ether oxygens (including phenoxy) is 1. The van der Waals surface area contributed by atoms with Crippen LogP contribution in [0.3, 0.4) is 0 Å². The van der Waals surface area contributed by atoms with Gasteiger partial charge in [0, 0.05) is 23.7 Å². The van der Waals surface area contributed by atoms with E-state index in [-0.39, 0.29) is 30.3 Å². The van der Waals surface area contributed by atoms with Crippen LogP contribution in [-0.2, 0) is 20.7 Å². The van der Waals surface area contributed by atoms with Crippen LogP contribution < -0.4 is 10.6 Å². The fourth-order valence-electron chi connectivity index (χ4n) is 1.90. The van der Waals surface area contributed by atoms with E-state index in [1.807, 2.05) is 24.3 Å². The van der Waals surface area contributed by atoms with E-state index in [1.54, 1.807) is 11.8 Å². The Morgan fingerprint density at radius 2 is 2.10 bits per heavy atom. The summed E-state index contributed by atoms with van der Waals surface area (Å²) in [5, 5.41) is 6.01. The quantitative estimate of drug-likeness (QED) is 0.806. The minimum atomic E-state index is -0.216. The molecule has 1 amide bonds. The van der Waals surface area contributed by atoms with Crippen LogP contribution in [0.5, 0.6) is 0 Å². The van der Waals surface area contributed by atoms with Gasteiger partial charge in [0.1, 0.15) is 0 Å². The van der Waals surface area contributed by atoms with Crippen LogP contribution in [-0.4, -0.2) is 36.7 Å². The summed E-state index contributed by atoms with van der Waals surface area (Å²) < 4.78 is 4.60. The molecule has 1 aromatic rings. The number of methoxy groups -OCH3 is 1. The monoisotopic (exact) mass is 330 g/mol. The lowest BCUT2D eigenvalue weighted by Crippen LogP contribution is -2.37. The number of benzene rings is 1. The predicted molar refractivity (Wildman–Crippen MR) is 86.9 cm³/mol. The van der Waals surface area contributed by atoms with E-state index in [0.717, 1.165) is 22.9 Å². The van der Waals surface area contributed by atoms with Gasteiger partial charge in [0.25, 0.3) is 0 Å². The number of nitrogens with one attached hydrogen (secondary N) is 2. The van der Waals surface area contributed by atoms with Crippen molar-refractivity contribution in [2.24, 2.45) is 0 Å². The molecular weight excluding hydrogens is 312 g/mol. The highest BCUT2D eigenvalue weighted by atomic mass is 35.5. The van der Waals surface area contributed by atoms with Crippen molar-refractivity contribution < 1.29 is 14.3 Å². The van der Waals surface area contributed by atoms with E-state index in [4.69, 9.17) is 0 Å². The Balaban J connectivity index is 0.00000220. The van der Waals surface area contributed by atoms with Crippen molar-refractivity contribution in [1.82, 2.24) is 5.32 Å². The molecule has 0 aliphatic carbocycles. The van der Waals surface area contributed by atoms with Gasteiger partial charge in [-0.1, -0.05) is 12.1 Å². The normalized spacial score (nSPS) is 16.9. The molecule has 0 bridgehead atoms. The second-order valence-electron chi connectivity index (χ2n) is 4.53. The number of anilines is 1. The van der Waals surface area contributed by atoms with Crippen molar-refractivity contribution in [2.75, 3.05) is 24.1 Å². The zero-order valence-corrected chi connectivity index (χ0v) is 13.4. The largest absolute Gasteiger partial charge is 0.469 e. The summed E-state index contributed by atoms with van der Waals surface area (Å²) in [6, 6.07) is 7.42. The van der Waals surface area contributed by atoms with Gasteiger partial charge in [-0.05, 0) is 24.1 Å². The summed E-state index contributed by atoms with van der Waals surface area (Å²) in [6.07, 6.45) is 1.01. The number of aryl methyl sites for hydroxylation is 1. The number of carbonyl (C=O) groups is 2. The summed E-state index contributed by atoms with van der Waals surface area (Å²) in [5.74, 6) is 1.41. The summed E-state index contributed by atoms with van der Waals surface area (Å²) >= 11 is 1.72. The predicted octanol–water partition coefficient (Wildman–Crippen LogP) is 1.81. The van der Waals surface area contributed by atoms with Gasteiger partial charge in [0.15, 0.2) is 0 Å². The molecular formula is C14H19ClN2O3S. The van der Waals surface area contributed by atoms with Crippen LogP contribution in [0.1, 0.15) is 12.0 Å². The third-order valence-electron chi connectivity index (χ3n) is 3.10. The van der Waals surface area contributed by atoms with Gasteiger partial charge in [-0.25, -0.2) is 0 Å². The molecule has 1 aliphatic rings. The molecule has 0 saturated carbocycles. The van der Waals surface area contributed by atoms with Gasteiger partial charge in [0.05, 0.1) is 13.2 Å². The number of hydrogen-bond donors (Lipinski definition) is 2. The van der Waals surface area contributed by atoms with Gasteiger partial charge in [-0.3, -0.25) is 14.9 Å². The fourth-order valence-corrected chi connectivity index (χ4v) is 2.84. The van der Waals surface area contributed by atoms with E-state index in [1.165, 1.54) is 7.11 Å². The zero-order chi connectivity index (χ0) is 14.4. The Labute approximate surface area is 134 Å². The summed E-state index contributed by atoms with van der Waals surface area (Å²) in [5.41, 5.74) is 1.82. The van der Waals surface area contributed by atoms with E-state index >= 15 is 0 Å². The van der Waals surface area contributed by atoms with Crippen molar-refractivity contribution in [3.05, 3.63) is 29.8 Å². The number of carbonyl (C=O) groups excluding carboxylic acids is 2. The highest BCUT2D eigenvalue weighted by molar-refractivity contribution is 7.99. The number of halogens is 1. The maximum absolute atomic E-state index is 11.9. The Bertz CT molecular complexity index is 476. The minimum Gasteiger partial charge on any atom is -0.469 e. The number of thioether (sulfide) groups is 1. The summed E-state index contributed by atoms with van der Waals surface area (Å²) in [7, 11) is 1.39. The van der Waals surface area contributed by atoms with Gasteiger partial charge in [-0.2, -0.15) is 0 Å². The van der Waals surface area contributed by atoms with Crippen LogP contribution in [0.2, 0.25) is 0 Å². The molecule has 21 heavy (non-hydrogen) atoms. The van der Waals surface area contributed by atoms with Crippen LogP contribution >= 0.6 is 24.2 Å². The SMILES string of the molecule is COC(=O)CCc1ccc(NC(=O)C2CSCN2)cc1.Cl. The average molecular weight is 331 g/mol. The van der Waals surface area contributed by atoms with E-state index in [9.17, 15) is 9.59 Å². The number of rotatable bonds is 5. The third-order valence-corrected chi connectivity index (χ3v) is 4.04. The van der Waals surface area contributed by atoms with Crippen LogP contribution in [0, 0.1) is 0 Å². The Morgan fingerprint density at radius 3 is 2.67 bits per heavy atom. The highest BCUT2D eigenvalue weighted by Crippen LogP contribution is 2.14. The van der Waals surface area contributed by atoms with Gasteiger partial charge < -0.3 is 10.1 Å². The summed E-state index contributed by atoms with van der Waals surface area (Å²) in [4.78, 5) is 23.0. The Kier molecular flexibility index (Phi) is 7.56. The maximum atomic E-state index is 11.9. The van der Waals surface area contributed by atoms with Crippen molar-refractivity contribution in [1.29, 1.82) is 0 Å². The summed E-state index contributed by atoms with van der Waals surface area (Å²) in [6.45, 7) is 0. The van der Waals surface area contributed by atoms with Crippen molar-refractivity contribution in [2.45, 2.75) is 18.9 Å². The van der Waals surface area contributed by atoms with Crippen LogP contribution in [0.25, 0.3) is 0 Å². The van der Waals surface area contributed by atoms with Crippen molar-refractivity contribution in [3.8, 4) is 0 Å². The molecule has 0 radical (unpaired) electrons. The lowest BCUT2D eigenvalue weighted by Gasteiger charge is -2.10. The third kappa shape index (κ3) is 5.57. The molecule has 5 nitrogen and oxygen atoms in total. The molecule has 1 saturated heterocycles. The van der Waals surface area contributed by atoms with Gasteiger partial charge >= 0.3 is 5.97 Å².